The summed E-state index contributed by atoms with van der Waals surface area (Å²) in [6.45, 7) is 2.79. The van der Waals surface area contributed by atoms with E-state index in [1.54, 1.807) is 11.8 Å². The molecule has 8 nitrogen and oxygen atoms in total. The molecule has 232 valence electrons. The predicted molar refractivity (Wildman–Crippen MR) is 155 cm³/mol. The summed E-state index contributed by atoms with van der Waals surface area (Å²) < 4.78 is 25.4. The molecule has 0 unspecified atom stereocenters. The van der Waals surface area contributed by atoms with E-state index in [9.17, 15) is 23.9 Å². The van der Waals surface area contributed by atoms with Crippen molar-refractivity contribution in [1.82, 2.24) is 0 Å². The van der Waals surface area contributed by atoms with Crippen LogP contribution in [-0.4, -0.2) is 43.3 Å². The van der Waals surface area contributed by atoms with Crippen molar-refractivity contribution in [1.29, 1.82) is 0 Å². The van der Waals surface area contributed by atoms with E-state index >= 15 is 0 Å². The number of ether oxygens (including phenoxy) is 2. The third-order valence-electron chi connectivity index (χ3n) is 6.62. The molecule has 0 spiro atoms. The van der Waals surface area contributed by atoms with Crippen molar-refractivity contribution in [3.63, 3.8) is 0 Å². The van der Waals surface area contributed by atoms with Crippen LogP contribution in [0.15, 0.2) is 0 Å². The molecular formula is C29H55Na2O8PS. The molecule has 0 N–H and O–H groups in total. The Hall–Kier alpha value is 1.40. The molecule has 41 heavy (non-hydrogen) atoms. The minimum absolute atomic E-state index is 0. The van der Waals surface area contributed by atoms with Crippen LogP contribution in [0.25, 0.3) is 0 Å². The van der Waals surface area contributed by atoms with Gasteiger partial charge in [0.2, 0.25) is 0 Å². The average molecular weight is 641 g/mol. The zero-order valence-corrected chi connectivity index (χ0v) is 32.2. The summed E-state index contributed by atoms with van der Waals surface area (Å²) in [4.78, 5) is 44.1. The Morgan fingerprint density at radius 2 is 1.22 bits per heavy atom. The van der Waals surface area contributed by atoms with E-state index in [0.717, 1.165) is 70.0 Å². The zero-order valence-electron chi connectivity index (χ0n) is 26.5. The number of carbonyl (C=O) groups excluding carboxylic acids is 2. The second kappa shape index (κ2) is 35.9. The van der Waals surface area contributed by atoms with E-state index < -0.39 is 20.5 Å². The Balaban J connectivity index is -0.00000722. The predicted octanol–water partition coefficient (Wildman–Crippen LogP) is 0.870. The van der Waals surface area contributed by atoms with Crippen molar-refractivity contribution in [2.24, 2.45) is 0 Å². The van der Waals surface area contributed by atoms with E-state index in [1.807, 2.05) is 0 Å². The van der Waals surface area contributed by atoms with E-state index in [4.69, 9.17) is 4.74 Å². The quantitative estimate of drug-likeness (QED) is 0.0357. The van der Waals surface area contributed by atoms with Gasteiger partial charge < -0.3 is 28.3 Å². The van der Waals surface area contributed by atoms with E-state index in [-0.39, 0.29) is 65.1 Å². The number of esters is 1. The molecule has 0 amide bonds. The molecule has 0 aromatic heterocycles. The van der Waals surface area contributed by atoms with Crippen LogP contribution in [0.2, 0.25) is 0 Å². The third kappa shape index (κ3) is 39.4. The standard InChI is InChI=1S/C29H57O8PS.2Na/c1-2-3-4-5-6-7-8-9-10-11-13-16-19-22-29(31)37-28(25-36-38(32,33)34)26-39-24-21-18-15-12-14-17-20-23-35-27-30;;/h27-28H,2-26H2,1H3,(H2,32,33,34);;/q;2*+1/p-2/t28-;;/m1../s1. The van der Waals surface area contributed by atoms with Crippen molar-refractivity contribution < 1.29 is 97.1 Å². The first-order valence-electron chi connectivity index (χ1n) is 15.4. The summed E-state index contributed by atoms with van der Waals surface area (Å²) in [5, 5.41) is 0. The topological polar surface area (TPSA) is 125 Å². The van der Waals surface area contributed by atoms with E-state index in [0.29, 0.717) is 25.3 Å². The number of carbonyl (C=O) groups is 2. The molecule has 0 saturated carbocycles. The number of unbranched alkanes of at least 4 members (excludes halogenated alkanes) is 18. The molecule has 1 atom stereocenters. The number of thioether (sulfide) groups is 1. The molecule has 0 aliphatic heterocycles. The van der Waals surface area contributed by atoms with Gasteiger partial charge in [-0.1, -0.05) is 116 Å². The van der Waals surface area contributed by atoms with Gasteiger partial charge in [0, 0.05) is 12.2 Å². The zero-order chi connectivity index (χ0) is 28.9. The number of hydrogen-bond donors (Lipinski definition) is 0. The Morgan fingerprint density at radius 1 is 0.756 bits per heavy atom. The van der Waals surface area contributed by atoms with Gasteiger partial charge in [-0.05, 0) is 25.0 Å². The monoisotopic (exact) mass is 640 g/mol. The second-order valence-corrected chi connectivity index (χ2v) is 12.7. The first-order valence-corrected chi connectivity index (χ1v) is 18.0. The summed E-state index contributed by atoms with van der Waals surface area (Å²) >= 11 is 1.58. The van der Waals surface area contributed by atoms with E-state index in [2.05, 4.69) is 16.2 Å². The average Bonchev–Trinajstić information content (AvgIpc) is 2.90. The van der Waals surface area contributed by atoms with Crippen LogP contribution in [0, 0.1) is 0 Å². The third-order valence-corrected chi connectivity index (χ3v) is 8.27. The molecule has 0 aliphatic rings. The van der Waals surface area contributed by atoms with Crippen molar-refractivity contribution >= 4 is 32.0 Å². The van der Waals surface area contributed by atoms with Gasteiger partial charge in [0.25, 0.3) is 6.47 Å². The fourth-order valence-corrected chi connectivity index (χ4v) is 5.71. The van der Waals surface area contributed by atoms with Crippen LogP contribution >= 0.6 is 19.6 Å². The molecule has 0 fully saturated rings. The molecule has 0 aromatic rings. The Bertz CT molecular complexity index is 613. The Kier molecular flexibility index (Phi) is 41.0. The van der Waals surface area contributed by atoms with Gasteiger partial charge in [0.05, 0.1) is 21.0 Å². The van der Waals surface area contributed by atoms with Crippen LogP contribution in [0.1, 0.15) is 142 Å². The maximum Gasteiger partial charge on any atom is 1.00 e. The van der Waals surface area contributed by atoms with Crippen molar-refractivity contribution in [2.75, 3.05) is 24.7 Å². The van der Waals surface area contributed by atoms with Gasteiger partial charge in [0.15, 0.2) is 0 Å². The van der Waals surface area contributed by atoms with Gasteiger partial charge >= 0.3 is 65.1 Å². The summed E-state index contributed by atoms with van der Waals surface area (Å²) in [6.07, 6.45) is 23.0. The maximum absolute atomic E-state index is 12.3. The molecular weight excluding hydrogens is 585 g/mol. The second-order valence-electron chi connectivity index (χ2n) is 10.4. The van der Waals surface area contributed by atoms with Crippen molar-refractivity contribution in [3.05, 3.63) is 0 Å². The number of phosphoric ester groups is 1. The van der Waals surface area contributed by atoms with Crippen LogP contribution in [-0.2, 0) is 28.2 Å². The fourth-order valence-electron chi connectivity index (χ4n) is 4.36. The van der Waals surface area contributed by atoms with Gasteiger partial charge in [0.1, 0.15) is 6.10 Å². The molecule has 0 saturated heterocycles. The number of rotatable bonds is 31. The summed E-state index contributed by atoms with van der Waals surface area (Å²) in [6, 6.07) is 0. The molecule has 12 heteroatoms. The minimum atomic E-state index is -5.11. The van der Waals surface area contributed by atoms with E-state index in [1.165, 1.54) is 64.2 Å². The van der Waals surface area contributed by atoms with Crippen LogP contribution in [0.5, 0.6) is 0 Å². The Labute approximate surface area is 299 Å². The van der Waals surface area contributed by atoms with Gasteiger partial charge in [-0.2, -0.15) is 11.8 Å². The van der Waals surface area contributed by atoms with Gasteiger partial charge in [-0.3, -0.25) is 9.59 Å². The summed E-state index contributed by atoms with van der Waals surface area (Å²) in [5.41, 5.74) is 0. The van der Waals surface area contributed by atoms with Gasteiger partial charge in [-0.15, -0.1) is 0 Å². The maximum atomic E-state index is 12.3. The van der Waals surface area contributed by atoms with Crippen molar-refractivity contribution in [2.45, 2.75) is 148 Å². The normalized spacial score (nSPS) is 11.8. The van der Waals surface area contributed by atoms with Crippen molar-refractivity contribution in [3.8, 4) is 0 Å². The van der Waals surface area contributed by atoms with Gasteiger partial charge in [-0.25, -0.2) is 0 Å². The minimum Gasteiger partial charge on any atom is -0.790 e. The smallest absolute Gasteiger partial charge is 0.790 e. The first-order chi connectivity index (χ1) is 18.9. The largest absolute Gasteiger partial charge is 1.00 e. The van der Waals surface area contributed by atoms with Crippen LogP contribution < -0.4 is 68.9 Å². The summed E-state index contributed by atoms with van der Waals surface area (Å²) in [7, 11) is -5.11. The first kappa shape index (κ1) is 46.8. The van der Waals surface area contributed by atoms with Crippen LogP contribution in [0.3, 0.4) is 0 Å². The number of hydrogen-bond acceptors (Lipinski definition) is 9. The summed E-state index contributed by atoms with van der Waals surface area (Å²) in [5.74, 6) is 0.908. The SMILES string of the molecule is CCCCCCCCCCCCCCCC(=O)O[C@H](COP(=O)([O-])[O-])CSCCCCCCCCCOC=O.[Na+].[Na+]. The molecule has 0 radical (unpaired) electrons. The molecule has 0 rings (SSSR count). The Morgan fingerprint density at radius 3 is 1.71 bits per heavy atom. The molecule has 0 bridgehead atoms. The number of phosphoric acid groups is 1. The molecule has 0 heterocycles. The molecule has 0 aliphatic carbocycles. The van der Waals surface area contributed by atoms with Crippen LogP contribution in [0.4, 0.5) is 0 Å². The molecule has 0 aromatic carbocycles. The fraction of sp³-hybridized carbons (Fsp3) is 0.931.